The second kappa shape index (κ2) is 7.61. The second-order valence-electron chi connectivity index (χ2n) is 5.94. The quantitative estimate of drug-likeness (QED) is 0.622. The van der Waals surface area contributed by atoms with Gasteiger partial charge in [-0.05, 0) is 47.7 Å². The monoisotopic (exact) mass is 435 g/mol. The maximum atomic E-state index is 12.2. The lowest BCUT2D eigenvalue weighted by Crippen LogP contribution is -2.29. The van der Waals surface area contributed by atoms with Crippen LogP contribution in [0, 0.1) is 0 Å². The molecular weight excluding hydrogens is 418 g/mol. The van der Waals surface area contributed by atoms with Crippen LogP contribution >= 0.6 is 15.9 Å². The van der Waals surface area contributed by atoms with Crippen LogP contribution in [-0.2, 0) is 27.8 Å². The molecular formula is C18H18BrN3O3S. The molecule has 1 heterocycles. The van der Waals surface area contributed by atoms with Gasteiger partial charge in [0.15, 0.2) is 0 Å². The predicted molar refractivity (Wildman–Crippen MR) is 104 cm³/mol. The number of carbonyl (C=O) groups excluding carboxylic acids is 1. The average Bonchev–Trinajstić information content (AvgIpc) is 2.96. The van der Waals surface area contributed by atoms with Gasteiger partial charge in [-0.1, -0.05) is 34.1 Å². The summed E-state index contributed by atoms with van der Waals surface area (Å²) in [4.78, 5) is 12.3. The summed E-state index contributed by atoms with van der Waals surface area (Å²) in [6, 6.07) is 14.3. The summed E-state index contributed by atoms with van der Waals surface area (Å²) in [5.41, 5.74) is 1.92. The van der Waals surface area contributed by atoms with Crippen LogP contribution in [0.2, 0.25) is 0 Å². The van der Waals surface area contributed by atoms with Gasteiger partial charge in [-0.25, -0.2) is 13.6 Å². The lowest BCUT2D eigenvalue weighted by atomic mass is 10.1. The van der Waals surface area contributed by atoms with Gasteiger partial charge in [-0.15, -0.1) is 0 Å². The van der Waals surface area contributed by atoms with E-state index in [0.717, 1.165) is 20.9 Å². The fourth-order valence-electron chi connectivity index (χ4n) is 2.70. The van der Waals surface area contributed by atoms with E-state index in [0.29, 0.717) is 13.0 Å². The molecule has 0 fully saturated rings. The maximum Gasteiger partial charge on any atom is 0.239 e. The van der Waals surface area contributed by atoms with E-state index in [4.69, 9.17) is 5.14 Å². The molecule has 3 aromatic rings. The molecule has 0 radical (unpaired) electrons. The number of benzene rings is 2. The summed E-state index contributed by atoms with van der Waals surface area (Å²) in [5, 5.41) is 9.03. The highest BCUT2D eigenvalue weighted by atomic mass is 79.9. The van der Waals surface area contributed by atoms with Gasteiger partial charge in [-0.3, -0.25) is 4.79 Å². The van der Waals surface area contributed by atoms with E-state index in [-0.39, 0.29) is 17.3 Å². The van der Waals surface area contributed by atoms with E-state index in [9.17, 15) is 13.2 Å². The van der Waals surface area contributed by atoms with E-state index in [1.54, 1.807) is 12.1 Å². The van der Waals surface area contributed by atoms with Crippen molar-refractivity contribution in [3.05, 3.63) is 64.8 Å². The summed E-state index contributed by atoms with van der Waals surface area (Å²) >= 11 is 3.44. The Kier molecular flexibility index (Phi) is 5.45. The first-order chi connectivity index (χ1) is 12.3. The van der Waals surface area contributed by atoms with Crippen molar-refractivity contribution in [2.75, 3.05) is 6.54 Å². The minimum atomic E-state index is -3.68. The van der Waals surface area contributed by atoms with E-state index >= 15 is 0 Å². The molecule has 26 heavy (non-hydrogen) atoms. The van der Waals surface area contributed by atoms with Crippen LogP contribution in [0.15, 0.2) is 64.1 Å². The number of amides is 1. The predicted octanol–water partition coefficient (Wildman–Crippen LogP) is 2.41. The van der Waals surface area contributed by atoms with Gasteiger partial charge in [-0.2, -0.15) is 0 Å². The van der Waals surface area contributed by atoms with Gasteiger partial charge >= 0.3 is 0 Å². The molecule has 0 saturated carbocycles. The van der Waals surface area contributed by atoms with Gasteiger partial charge in [0.2, 0.25) is 15.9 Å². The molecule has 1 aromatic heterocycles. The molecule has 0 bridgehead atoms. The summed E-state index contributed by atoms with van der Waals surface area (Å²) in [7, 11) is -3.68. The standard InChI is InChI=1S/C18H18BrN3O3S/c19-15-4-3-14-8-10-22(17(14)11-15)12-18(23)21-9-7-13-1-5-16(6-2-13)26(20,24)25/h1-6,8,10-11H,7,9,12H2,(H,21,23)(H2,20,24,25). The Balaban J connectivity index is 1.55. The first-order valence-electron chi connectivity index (χ1n) is 7.96. The Hall–Kier alpha value is -2.16. The number of rotatable bonds is 6. The molecule has 0 atom stereocenters. The van der Waals surface area contributed by atoms with Crippen LogP contribution in [0.3, 0.4) is 0 Å². The fourth-order valence-corrected chi connectivity index (χ4v) is 3.56. The molecule has 0 saturated heterocycles. The van der Waals surface area contributed by atoms with Crippen LogP contribution < -0.4 is 10.5 Å². The van der Waals surface area contributed by atoms with Crippen molar-refractivity contribution in [2.45, 2.75) is 17.9 Å². The molecule has 8 heteroatoms. The summed E-state index contributed by atoms with van der Waals surface area (Å²) in [6.45, 7) is 0.709. The van der Waals surface area contributed by atoms with Gasteiger partial charge in [0, 0.05) is 22.7 Å². The number of aromatic nitrogens is 1. The van der Waals surface area contributed by atoms with Crippen molar-refractivity contribution in [3.8, 4) is 0 Å². The molecule has 1 amide bonds. The van der Waals surface area contributed by atoms with Gasteiger partial charge < -0.3 is 9.88 Å². The Morgan fingerprint density at radius 3 is 2.54 bits per heavy atom. The van der Waals surface area contributed by atoms with Crippen LogP contribution in [0.1, 0.15) is 5.56 Å². The van der Waals surface area contributed by atoms with Crippen molar-refractivity contribution in [1.82, 2.24) is 9.88 Å². The molecule has 136 valence electrons. The summed E-state index contributed by atoms with van der Waals surface area (Å²) in [5.74, 6) is -0.0800. The topological polar surface area (TPSA) is 94.2 Å². The third-order valence-electron chi connectivity index (χ3n) is 4.04. The van der Waals surface area contributed by atoms with Gasteiger partial charge in [0.25, 0.3) is 0 Å². The Morgan fingerprint density at radius 2 is 1.85 bits per heavy atom. The minimum Gasteiger partial charge on any atom is -0.354 e. The lowest BCUT2D eigenvalue weighted by Gasteiger charge is -2.08. The van der Waals surface area contributed by atoms with Crippen molar-refractivity contribution in [3.63, 3.8) is 0 Å². The molecule has 0 spiro atoms. The number of nitrogens with zero attached hydrogens (tertiary/aromatic N) is 1. The molecule has 3 rings (SSSR count). The molecule has 0 aliphatic heterocycles. The zero-order valence-electron chi connectivity index (χ0n) is 13.9. The fraction of sp³-hybridized carbons (Fsp3) is 0.167. The normalized spacial score (nSPS) is 11.6. The third kappa shape index (κ3) is 4.51. The van der Waals surface area contributed by atoms with E-state index in [1.807, 2.05) is 35.0 Å². The van der Waals surface area contributed by atoms with Crippen LogP contribution in [-0.4, -0.2) is 25.4 Å². The molecule has 0 unspecified atom stereocenters. The van der Waals surface area contributed by atoms with Crippen LogP contribution in [0.5, 0.6) is 0 Å². The zero-order valence-corrected chi connectivity index (χ0v) is 16.3. The zero-order chi connectivity index (χ0) is 18.7. The first kappa shape index (κ1) is 18.6. The molecule has 6 nitrogen and oxygen atoms in total. The lowest BCUT2D eigenvalue weighted by molar-refractivity contribution is -0.121. The van der Waals surface area contributed by atoms with E-state index in [2.05, 4.69) is 21.2 Å². The third-order valence-corrected chi connectivity index (χ3v) is 5.46. The van der Waals surface area contributed by atoms with Gasteiger partial charge in [0.1, 0.15) is 6.54 Å². The maximum absolute atomic E-state index is 12.2. The van der Waals surface area contributed by atoms with Crippen molar-refractivity contribution in [2.24, 2.45) is 5.14 Å². The largest absolute Gasteiger partial charge is 0.354 e. The van der Waals surface area contributed by atoms with Crippen LogP contribution in [0.4, 0.5) is 0 Å². The molecule has 0 aliphatic rings. The number of halogens is 1. The Labute approximate surface area is 160 Å². The highest BCUT2D eigenvalue weighted by molar-refractivity contribution is 9.10. The van der Waals surface area contributed by atoms with Gasteiger partial charge in [0.05, 0.1) is 4.90 Å². The van der Waals surface area contributed by atoms with Crippen molar-refractivity contribution < 1.29 is 13.2 Å². The number of sulfonamides is 1. The first-order valence-corrected chi connectivity index (χ1v) is 10.3. The number of primary sulfonamides is 1. The summed E-state index contributed by atoms with van der Waals surface area (Å²) < 4.78 is 25.3. The molecule has 3 N–H and O–H groups in total. The number of nitrogens with two attached hydrogens (primary N) is 1. The number of hydrogen-bond acceptors (Lipinski definition) is 3. The van der Waals surface area contributed by atoms with E-state index < -0.39 is 10.0 Å². The highest BCUT2D eigenvalue weighted by Gasteiger charge is 2.08. The highest BCUT2D eigenvalue weighted by Crippen LogP contribution is 2.20. The Bertz CT molecular complexity index is 1040. The smallest absolute Gasteiger partial charge is 0.239 e. The summed E-state index contributed by atoms with van der Waals surface area (Å²) in [6.07, 6.45) is 2.50. The molecule has 2 aromatic carbocycles. The number of carbonyl (C=O) groups is 1. The number of nitrogens with one attached hydrogen (secondary N) is 1. The van der Waals surface area contributed by atoms with E-state index in [1.165, 1.54) is 12.1 Å². The second-order valence-corrected chi connectivity index (χ2v) is 8.41. The Morgan fingerprint density at radius 1 is 1.12 bits per heavy atom. The van der Waals surface area contributed by atoms with Crippen molar-refractivity contribution >= 4 is 42.8 Å². The molecule has 0 aliphatic carbocycles. The SMILES string of the molecule is NS(=O)(=O)c1ccc(CCNC(=O)Cn2ccc3ccc(Br)cc32)cc1. The minimum absolute atomic E-state index is 0.0796. The van der Waals surface area contributed by atoms with Crippen LogP contribution in [0.25, 0.3) is 10.9 Å². The average molecular weight is 436 g/mol. The number of hydrogen-bond donors (Lipinski definition) is 2. The van der Waals surface area contributed by atoms with Crippen molar-refractivity contribution in [1.29, 1.82) is 0 Å². The number of fused-ring (bicyclic) bond motifs is 1.